The average molecular weight is 533 g/mol. The highest BCUT2D eigenvalue weighted by molar-refractivity contribution is 6.47. The fourth-order valence-corrected chi connectivity index (χ4v) is 3.55. The minimum Gasteiger partial charge on any atom is -0.456 e. The van der Waals surface area contributed by atoms with E-state index >= 15 is 0 Å². The second kappa shape index (κ2) is 8.94. The maximum atomic E-state index is 6.22. The zero-order valence-corrected chi connectivity index (χ0v) is 19.3. The maximum Gasteiger partial charge on any atom is 0.149 e. The highest BCUT2D eigenvalue weighted by Crippen LogP contribution is 2.45. The van der Waals surface area contributed by atoms with E-state index in [1.165, 1.54) is 18.2 Å². The number of rotatable bonds is 4. The van der Waals surface area contributed by atoms with Gasteiger partial charge in [0.2, 0.25) is 0 Å². The van der Waals surface area contributed by atoms with E-state index in [1.54, 1.807) is 12.1 Å². The summed E-state index contributed by atoms with van der Waals surface area (Å²) in [5.41, 5.74) is 11.8. The van der Waals surface area contributed by atoms with Gasteiger partial charge in [-0.25, -0.2) is 0 Å². The first-order valence-corrected chi connectivity index (χ1v) is 10.3. The molecule has 0 unspecified atom stereocenters. The summed E-state index contributed by atoms with van der Waals surface area (Å²) in [6, 6.07) is 7.51. The normalized spacial score (nSPS) is 10.9. The quantitative estimate of drug-likeness (QED) is 0.259. The van der Waals surface area contributed by atoms with Crippen molar-refractivity contribution >= 4 is 92.6 Å². The largest absolute Gasteiger partial charge is 0.456 e. The van der Waals surface area contributed by atoms with Crippen LogP contribution in [0.5, 0.6) is 23.0 Å². The van der Waals surface area contributed by atoms with Crippen molar-refractivity contribution < 1.29 is 9.47 Å². The van der Waals surface area contributed by atoms with E-state index in [0.717, 1.165) is 0 Å². The molecule has 11 heteroatoms. The lowest BCUT2D eigenvalue weighted by atomic mass is 10.2. The summed E-state index contributed by atoms with van der Waals surface area (Å²) in [6.45, 7) is 0. The Bertz CT molecular complexity index is 1120. The van der Waals surface area contributed by atoms with Crippen molar-refractivity contribution in [3.63, 3.8) is 0 Å². The number of halogens is 7. The summed E-state index contributed by atoms with van der Waals surface area (Å²) in [7, 11) is 0. The monoisotopic (exact) mass is 530 g/mol. The Morgan fingerprint density at radius 2 is 1.00 bits per heavy atom. The van der Waals surface area contributed by atoms with Crippen LogP contribution in [-0.2, 0) is 0 Å². The molecule has 0 saturated heterocycles. The molecule has 4 N–H and O–H groups in total. The Morgan fingerprint density at radius 3 is 1.52 bits per heavy atom. The molecule has 3 aromatic carbocycles. The fraction of sp³-hybridized carbons (Fsp3) is 0. The minimum atomic E-state index is 0.0809. The molecule has 152 valence electrons. The Hall–Kier alpha value is -1.11. The first kappa shape index (κ1) is 22.6. The zero-order valence-electron chi connectivity index (χ0n) is 14.0. The Morgan fingerprint density at radius 1 is 0.517 bits per heavy atom. The molecule has 0 aliphatic rings. The summed E-state index contributed by atoms with van der Waals surface area (Å²) >= 11 is 42.6. The third-order valence-electron chi connectivity index (χ3n) is 3.66. The predicted octanol–water partition coefficient (Wildman–Crippen LogP) is 9.01. The molecule has 0 spiro atoms. The number of hydrogen-bond acceptors (Lipinski definition) is 4. The number of nitrogen functional groups attached to an aromatic ring is 2. The lowest BCUT2D eigenvalue weighted by molar-refractivity contribution is 0.461. The van der Waals surface area contributed by atoms with Gasteiger partial charge in [0.05, 0.1) is 36.5 Å². The van der Waals surface area contributed by atoms with Crippen LogP contribution in [-0.4, -0.2) is 0 Å². The molecule has 0 bridgehead atoms. The molecule has 0 aliphatic carbocycles. The van der Waals surface area contributed by atoms with Crippen LogP contribution in [0, 0.1) is 0 Å². The third kappa shape index (κ3) is 4.64. The number of hydrogen-bond donors (Lipinski definition) is 2. The molecule has 29 heavy (non-hydrogen) atoms. The molecule has 0 heterocycles. The van der Waals surface area contributed by atoms with Crippen LogP contribution in [0.25, 0.3) is 0 Å². The summed E-state index contributed by atoms with van der Waals surface area (Å²) in [5, 5.41) is 1.09. The van der Waals surface area contributed by atoms with Gasteiger partial charge in [-0.05, 0) is 12.1 Å². The van der Waals surface area contributed by atoms with Crippen molar-refractivity contribution in [3.05, 3.63) is 65.5 Å². The molecule has 0 radical (unpaired) electrons. The van der Waals surface area contributed by atoms with Crippen LogP contribution in [0.3, 0.4) is 0 Å². The average Bonchev–Trinajstić information content (AvgIpc) is 2.69. The first-order chi connectivity index (χ1) is 13.6. The Labute approximate surface area is 201 Å². The van der Waals surface area contributed by atoms with E-state index in [9.17, 15) is 0 Å². The van der Waals surface area contributed by atoms with Gasteiger partial charge in [-0.2, -0.15) is 0 Å². The van der Waals surface area contributed by atoms with Crippen molar-refractivity contribution in [1.82, 2.24) is 0 Å². The predicted molar refractivity (Wildman–Crippen MR) is 123 cm³/mol. The standard InChI is InChI=1S/C18H9Cl7N2O2/c19-7-2-1-6(28-11-4-8(20)13(22)17(26)15(11)24)3-10(7)29-12-5-9(21)14(23)18(27)16(12)25/h1-5H,26-27H2. The van der Waals surface area contributed by atoms with Crippen molar-refractivity contribution in [1.29, 1.82) is 0 Å². The molecule has 0 aromatic heterocycles. The number of anilines is 2. The molecular formula is C18H9Cl7N2O2. The topological polar surface area (TPSA) is 70.5 Å². The second-order valence-electron chi connectivity index (χ2n) is 5.59. The van der Waals surface area contributed by atoms with E-state index in [1.807, 2.05) is 0 Å². The van der Waals surface area contributed by atoms with Gasteiger partial charge in [0, 0.05) is 18.2 Å². The third-order valence-corrected chi connectivity index (χ3v) is 6.36. The summed E-state index contributed by atoms with van der Waals surface area (Å²) in [6.07, 6.45) is 0. The van der Waals surface area contributed by atoms with Crippen LogP contribution >= 0.6 is 81.2 Å². The van der Waals surface area contributed by atoms with Crippen molar-refractivity contribution in [2.45, 2.75) is 0 Å². The summed E-state index contributed by atoms with van der Waals surface area (Å²) in [4.78, 5) is 0. The van der Waals surface area contributed by atoms with E-state index < -0.39 is 0 Å². The highest BCUT2D eigenvalue weighted by atomic mass is 35.5. The molecule has 0 atom stereocenters. The van der Waals surface area contributed by atoms with Crippen LogP contribution < -0.4 is 20.9 Å². The van der Waals surface area contributed by atoms with E-state index in [4.69, 9.17) is 102 Å². The maximum absolute atomic E-state index is 6.22. The molecule has 0 amide bonds. The van der Waals surface area contributed by atoms with E-state index in [0.29, 0.717) is 5.75 Å². The minimum absolute atomic E-state index is 0.0809. The smallest absolute Gasteiger partial charge is 0.149 e. The number of nitrogens with two attached hydrogens (primary N) is 2. The molecule has 0 fully saturated rings. The van der Waals surface area contributed by atoms with Crippen molar-refractivity contribution in [2.24, 2.45) is 0 Å². The molecule has 3 aromatic rings. The van der Waals surface area contributed by atoms with Crippen LogP contribution in [0.4, 0.5) is 11.4 Å². The van der Waals surface area contributed by atoms with Gasteiger partial charge in [-0.3, -0.25) is 0 Å². The van der Waals surface area contributed by atoms with Crippen LogP contribution in [0.15, 0.2) is 30.3 Å². The van der Waals surface area contributed by atoms with Gasteiger partial charge in [0.15, 0.2) is 0 Å². The number of ether oxygens (including phenoxy) is 2. The molecule has 0 aliphatic heterocycles. The van der Waals surface area contributed by atoms with Crippen molar-refractivity contribution in [3.8, 4) is 23.0 Å². The van der Waals surface area contributed by atoms with Gasteiger partial charge in [0.1, 0.15) is 33.0 Å². The summed E-state index contributed by atoms with van der Waals surface area (Å²) in [5.74, 6) is 0.902. The van der Waals surface area contributed by atoms with Gasteiger partial charge < -0.3 is 20.9 Å². The van der Waals surface area contributed by atoms with Gasteiger partial charge in [0.25, 0.3) is 0 Å². The number of benzene rings is 3. The van der Waals surface area contributed by atoms with Gasteiger partial charge in [-0.1, -0.05) is 81.2 Å². The fourth-order valence-electron chi connectivity index (χ4n) is 2.22. The summed E-state index contributed by atoms with van der Waals surface area (Å²) < 4.78 is 11.5. The molecule has 0 saturated carbocycles. The van der Waals surface area contributed by atoms with Crippen LogP contribution in [0.1, 0.15) is 0 Å². The lowest BCUT2D eigenvalue weighted by Crippen LogP contribution is -1.95. The van der Waals surface area contributed by atoms with E-state index in [-0.39, 0.29) is 63.8 Å². The Kier molecular flexibility index (Phi) is 6.96. The first-order valence-electron chi connectivity index (χ1n) is 7.61. The second-order valence-corrected chi connectivity index (χ2v) is 8.33. The zero-order chi connectivity index (χ0) is 21.5. The molecular weight excluding hydrogens is 524 g/mol. The highest BCUT2D eigenvalue weighted by Gasteiger charge is 2.17. The lowest BCUT2D eigenvalue weighted by Gasteiger charge is -2.15. The van der Waals surface area contributed by atoms with Crippen molar-refractivity contribution in [2.75, 3.05) is 11.5 Å². The van der Waals surface area contributed by atoms with E-state index in [2.05, 4.69) is 0 Å². The molecule has 3 rings (SSSR count). The van der Waals surface area contributed by atoms with Gasteiger partial charge in [-0.15, -0.1) is 0 Å². The van der Waals surface area contributed by atoms with Crippen LogP contribution in [0.2, 0.25) is 35.2 Å². The Balaban J connectivity index is 1.96. The van der Waals surface area contributed by atoms with Gasteiger partial charge >= 0.3 is 0 Å². The SMILES string of the molecule is Nc1c(Cl)c(Cl)cc(Oc2ccc(Cl)c(Oc3cc(Cl)c(Cl)c(N)c3Cl)c2)c1Cl. The molecule has 4 nitrogen and oxygen atoms in total.